The molecule has 1 amide bonds. The average molecular weight is 350 g/mol. The lowest BCUT2D eigenvalue weighted by atomic mass is 10.2. The zero-order valence-corrected chi connectivity index (χ0v) is 13.0. The Kier molecular flexibility index (Phi) is 4.30. The first-order valence-corrected chi connectivity index (χ1v) is 7.22. The average Bonchev–Trinajstić information content (AvgIpc) is 2.96. The Balaban J connectivity index is 1.82. The van der Waals surface area contributed by atoms with E-state index in [9.17, 15) is 18.0 Å². The van der Waals surface area contributed by atoms with Crippen molar-refractivity contribution in [3.63, 3.8) is 0 Å². The van der Waals surface area contributed by atoms with Gasteiger partial charge in [0, 0.05) is 5.69 Å². The van der Waals surface area contributed by atoms with E-state index in [2.05, 4.69) is 15.5 Å². The van der Waals surface area contributed by atoms with Gasteiger partial charge in [-0.15, -0.1) is 10.2 Å². The molecule has 6 nitrogen and oxygen atoms in total. The number of methoxy groups -OCH3 is 1. The Morgan fingerprint density at radius 3 is 2.44 bits per heavy atom. The van der Waals surface area contributed by atoms with Crippen molar-refractivity contribution < 1.29 is 22.7 Å². The largest absolute Gasteiger partial charge is 0.497 e. The van der Waals surface area contributed by atoms with Crippen LogP contribution >= 0.6 is 0 Å². The molecule has 0 saturated carbocycles. The molecule has 0 atom stereocenters. The van der Waals surface area contributed by atoms with Crippen LogP contribution in [0.25, 0.3) is 16.7 Å². The molecule has 0 saturated heterocycles. The van der Waals surface area contributed by atoms with Gasteiger partial charge in [0.15, 0.2) is 0 Å². The molecule has 0 aliphatic rings. The Labute approximate surface area is 140 Å². The molecule has 1 N–H and O–H groups in total. The molecule has 3 rings (SSSR count). The lowest BCUT2D eigenvalue weighted by Gasteiger charge is -2.07. The number of anilines is 1. The SMILES string of the molecule is COc1ccc(-n2nc3ccc(NC(=O)CC(F)(F)F)cc3n2)cc1. The summed E-state index contributed by atoms with van der Waals surface area (Å²) in [5, 5.41) is 10.8. The van der Waals surface area contributed by atoms with Crippen molar-refractivity contribution in [2.45, 2.75) is 12.6 Å². The van der Waals surface area contributed by atoms with E-state index in [0.29, 0.717) is 22.5 Å². The summed E-state index contributed by atoms with van der Waals surface area (Å²) in [7, 11) is 1.56. The van der Waals surface area contributed by atoms with Gasteiger partial charge in [0.1, 0.15) is 23.2 Å². The van der Waals surface area contributed by atoms with E-state index in [1.54, 1.807) is 37.4 Å². The third kappa shape index (κ3) is 4.06. The minimum absolute atomic E-state index is 0.225. The molecule has 0 spiro atoms. The van der Waals surface area contributed by atoms with E-state index in [-0.39, 0.29) is 5.69 Å². The Morgan fingerprint density at radius 1 is 1.12 bits per heavy atom. The van der Waals surface area contributed by atoms with Crippen LogP contribution in [0.4, 0.5) is 18.9 Å². The van der Waals surface area contributed by atoms with Crippen LogP contribution in [-0.2, 0) is 4.79 Å². The predicted octanol–water partition coefficient (Wildman–Crippen LogP) is 3.32. The van der Waals surface area contributed by atoms with E-state index < -0.39 is 18.5 Å². The van der Waals surface area contributed by atoms with Crippen molar-refractivity contribution >= 4 is 22.6 Å². The first-order valence-electron chi connectivity index (χ1n) is 7.22. The van der Waals surface area contributed by atoms with Crippen LogP contribution in [0.2, 0.25) is 0 Å². The number of alkyl halides is 3. The summed E-state index contributed by atoms with van der Waals surface area (Å²) in [4.78, 5) is 12.8. The van der Waals surface area contributed by atoms with Gasteiger partial charge in [-0.1, -0.05) is 0 Å². The molecular weight excluding hydrogens is 337 g/mol. The number of ether oxygens (including phenoxy) is 1. The standard InChI is InChI=1S/C16H13F3N4O2/c1-25-12-5-3-11(4-6-12)23-21-13-7-2-10(8-14(13)22-23)20-15(24)9-16(17,18)19/h2-8H,9H2,1H3,(H,20,24). The van der Waals surface area contributed by atoms with Gasteiger partial charge >= 0.3 is 6.18 Å². The number of nitrogens with one attached hydrogen (secondary N) is 1. The van der Waals surface area contributed by atoms with Gasteiger partial charge < -0.3 is 10.1 Å². The quantitative estimate of drug-likeness (QED) is 0.784. The number of hydrogen-bond acceptors (Lipinski definition) is 4. The zero-order valence-electron chi connectivity index (χ0n) is 13.0. The molecule has 0 unspecified atom stereocenters. The van der Waals surface area contributed by atoms with E-state index >= 15 is 0 Å². The topological polar surface area (TPSA) is 69.0 Å². The number of amides is 1. The summed E-state index contributed by atoms with van der Waals surface area (Å²) >= 11 is 0. The third-order valence-electron chi connectivity index (χ3n) is 3.33. The fourth-order valence-electron chi connectivity index (χ4n) is 2.21. The molecule has 25 heavy (non-hydrogen) atoms. The first kappa shape index (κ1) is 16.7. The van der Waals surface area contributed by atoms with E-state index in [1.807, 2.05) is 0 Å². The van der Waals surface area contributed by atoms with Crippen molar-refractivity contribution in [2.24, 2.45) is 0 Å². The fourth-order valence-corrected chi connectivity index (χ4v) is 2.21. The highest BCUT2D eigenvalue weighted by Crippen LogP contribution is 2.22. The van der Waals surface area contributed by atoms with Crippen LogP contribution in [-0.4, -0.2) is 34.2 Å². The smallest absolute Gasteiger partial charge is 0.397 e. The number of hydrogen-bond donors (Lipinski definition) is 1. The summed E-state index contributed by atoms with van der Waals surface area (Å²) in [5.74, 6) is -0.440. The normalized spacial score (nSPS) is 11.5. The van der Waals surface area contributed by atoms with Crippen molar-refractivity contribution in [3.8, 4) is 11.4 Å². The highest BCUT2D eigenvalue weighted by molar-refractivity contribution is 5.93. The van der Waals surface area contributed by atoms with Crippen molar-refractivity contribution in [1.82, 2.24) is 15.0 Å². The second kappa shape index (κ2) is 6.42. The van der Waals surface area contributed by atoms with Crippen molar-refractivity contribution in [3.05, 3.63) is 42.5 Å². The second-order valence-electron chi connectivity index (χ2n) is 5.23. The number of benzene rings is 2. The van der Waals surface area contributed by atoms with Crippen molar-refractivity contribution in [1.29, 1.82) is 0 Å². The van der Waals surface area contributed by atoms with Gasteiger partial charge in [-0.25, -0.2) is 0 Å². The number of rotatable bonds is 4. The van der Waals surface area contributed by atoms with Crippen molar-refractivity contribution in [2.75, 3.05) is 12.4 Å². The molecule has 3 aromatic rings. The Hall–Kier alpha value is -3.10. The minimum atomic E-state index is -4.55. The van der Waals surface area contributed by atoms with Gasteiger partial charge in [0.2, 0.25) is 5.91 Å². The molecule has 0 aliphatic carbocycles. The number of fused-ring (bicyclic) bond motifs is 1. The monoisotopic (exact) mass is 350 g/mol. The molecule has 1 heterocycles. The number of aromatic nitrogens is 3. The van der Waals surface area contributed by atoms with Gasteiger partial charge in [0.05, 0.1) is 12.8 Å². The third-order valence-corrected chi connectivity index (χ3v) is 3.33. The molecule has 130 valence electrons. The van der Waals surface area contributed by atoms with E-state index in [0.717, 1.165) is 0 Å². The van der Waals surface area contributed by atoms with E-state index in [4.69, 9.17) is 4.74 Å². The summed E-state index contributed by atoms with van der Waals surface area (Å²) < 4.78 is 41.7. The zero-order chi connectivity index (χ0) is 18.0. The number of carbonyl (C=O) groups is 1. The molecule has 1 aromatic heterocycles. The Bertz CT molecular complexity index is 904. The number of nitrogens with zero attached hydrogens (tertiary/aromatic N) is 3. The number of halogens is 3. The molecule has 0 aliphatic heterocycles. The molecular formula is C16H13F3N4O2. The maximum atomic E-state index is 12.2. The summed E-state index contributed by atoms with van der Waals surface area (Å²) in [6.07, 6.45) is -6.09. The van der Waals surface area contributed by atoms with Crippen LogP contribution < -0.4 is 10.1 Å². The van der Waals surface area contributed by atoms with Gasteiger partial charge in [-0.3, -0.25) is 4.79 Å². The fraction of sp³-hybridized carbons (Fsp3) is 0.188. The maximum absolute atomic E-state index is 12.2. The molecule has 0 fully saturated rings. The van der Waals surface area contributed by atoms with Crippen LogP contribution in [0.1, 0.15) is 6.42 Å². The van der Waals surface area contributed by atoms with Crippen LogP contribution in [0.3, 0.4) is 0 Å². The number of carbonyl (C=O) groups excluding carboxylic acids is 1. The minimum Gasteiger partial charge on any atom is -0.497 e. The summed E-state index contributed by atoms with van der Waals surface area (Å²) in [6.45, 7) is 0. The summed E-state index contributed by atoms with van der Waals surface area (Å²) in [5.41, 5.74) is 1.91. The first-order chi connectivity index (χ1) is 11.8. The van der Waals surface area contributed by atoms with Gasteiger partial charge in [-0.05, 0) is 42.5 Å². The van der Waals surface area contributed by atoms with Crippen LogP contribution in [0, 0.1) is 0 Å². The van der Waals surface area contributed by atoms with Crippen LogP contribution in [0.15, 0.2) is 42.5 Å². The maximum Gasteiger partial charge on any atom is 0.397 e. The summed E-state index contributed by atoms with van der Waals surface area (Å²) in [6, 6.07) is 11.6. The predicted molar refractivity (Wildman–Crippen MR) is 84.7 cm³/mol. The highest BCUT2D eigenvalue weighted by atomic mass is 19.4. The second-order valence-corrected chi connectivity index (χ2v) is 5.23. The van der Waals surface area contributed by atoms with Gasteiger partial charge in [0.25, 0.3) is 0 Å². The van der Waals surface area contributed by atoms with Crippen LogP contribution in [0.5, 0.6) is 5.75 Å². The lowest BCUT2D eigenvalue weighted by Crippen LogP contribution is -2.21. The molecule has 0 radical (unpaired) electrons. The molecule has 9 heteroatoms. The molecule has 0 bridgehead atoms. The lowest BCUT2D eigenvalue weighted by molar-refractivity contribution is -0.150. The Morgan fingerprint density at radius 2 is 1.80 bits per heavy atom. The van der Waals surface area contributed by atoms with Gasteiger partial charge in [-0.2, -0.15) is 18.0 Å². The van der Waals surface area contributed by atoms with E-state index in [1.165, 1.54) is 16.9 Å². The molecule has 2 aromatic carbocycles. The highest BCUT2D eigenvalue weighted by Gasteiger charge is 2.31.